The van der Waals surface area contributed by atoms with Crippen LogP contribution in [0.1, 0.15) is 70.3 Å². The van der Waals surface area contributed by atoms with Gasteiger partial charge in [0.15, 0.2) is 0 Å². The van der Waals surface area contributed by atoms with Gasteiger partial charge in [-0.05, 0) is 57.9 Å². The fraction of sp³-hybridized carbons (Fsp3) is 0.414. The first-order valence-electron chi connectivity index (χ1n) is 12.3. The molecule has 0 spiro atoms. The number of ether oxygens (including phenoxy) is 1. The van der Waals surface area contributed by atoms with E-state index in [0.717, 1.165) is 16.7 Å². The number of nitrogens with zero attached hydrogens (tertiary/aromatic N) is 3. The summed E-state index contributed by atoms with van der Waals surface area (Å²) in [7, 11) is 0. The second kappa shape index (κ2) is 9.64. The van der Waals surface area contributed by atoms with Crippen LogP contribution in [-0.4, -0.2) is 43.5 Å². The summed E-state index contributed by atoms with van der Waals surface area (Å²) < 4.78 is 6.11. The summed E-state index contributed by atoms with van der Waals surface area (Å²) >= 11 is 0. The maximum Gasteiger partial charge on any atom is 0.411 e. The highest BCUT2D eigenvalue weighted by Crippen LogP contribution is 2.42. The maximum atomic E-state index is 13.3. The number of aliphatic hydroxyl groups is 2. The van der Waals surface area contributed by atoms with E-state index < -0.39 is 16.8 Å². The molecule has 0 radical (unpaired) electrons. The van der Waals surface area contributed by atoms with Crippen molar-refractivity contribution < 1.29 is 19.7 Å². The zero-order valence-corrected chi connectivity index (χ0v) is 21.6. The van der Waals surface area contributed by atoms with E-state index in [-0.39, 0.29) is 12.1 Å². The predicted molar refractivity (Wildman–Crippen MR) is 138 cm³/mol. The first kappa shape index (κ1) is 25.8. The molecule has 3 aromatic rings. The topological polar surface area (TPSA) is 95.8 Å². The van der Waals surface area contributed by atoms with E-state index in [0.29, 0.717) is 30.8 Å². The van der Waals surface area contributed by atoms with Crippen LogP contribution in [0.25, 0.3) is 11.3 Å². The number of rotatable bonds is 7. The Morgan fingerprint density at radius 3 is 2.17 bits per heavy atom. The summed E-state index contributed by atoms with van der Waals surface area (Å²) in [5, 5.41) is 29.1. The number of carbonyl (C=O) groups is 1. The molecular formula is C29H35N3O4. The number of hydrogen-bond acceptors (Lipinski definition) is 6. The van der Waals surface area contributed by atoms with E-state index in [1.165, 1.54) is 0 Å². The fourth-order valence-corrected chi connectivity index (χ4v) is 4.82. The van der Waals surface area contributed by atoms with Crippen LogP contribution in [0, 0.1) is 0 Å². The summed E-state index contributed by atoms with van der Waals surface area (Å²) in [5.74, 6) is 0. The molecule has 4 rings (SSSR count). The molecule has 1 saturated heterocycles. The zero-order valence-electron chi connectivity index (χ0n) is 21.6. The predicted octanol–water partition coefficient (Wildman–Crippen LogP) is 5.33. The molecular weight excluding hydrogens is 454 g/mol. The molecule has 2 aromatic carbocycles. The summed E-state index contributed by atoms with van der Waals surface area (Å²) in [4.78, 5) is 15.0. The quantitative estimate of drug-likeness (QED) is 0.466. The SMILES string of the molecule is C[C@@H](c1ccc(-c2ccc(C(C)(C)O)nn2)cc1)N1CCC(CC(C)(C)O)(c2ccccc2)OC1=O. The molecule has 1 unspecified atom stereocenters. The molecule has 2 atom stereocenters. The first-order chi connectivity index (χ1) is 16.9. The van der Waals surface area contributed by atoms with Gasteiger partial charge in [-0.1, -0.05) is 54.6 Å². The number of amides is 1. The standard InChI is InChI=1S/C29H35N3O4/c1-20(21-11-13-22(14-12-21)24-15-16-25(31-30-24)28(4,5)35)32-18-17-29(36-26(32)33,19-27(2,3)34)23-9-7-6-8-10-23/h6-16,20,34-35H,17-19H2,1-5H3/t20-,29?/m0/s1. The van der Waals surface area contributed by atoms with Gasteiger partial charge in [0.1, 0.15) is 11.2 Å². The third-order valence-electron chi connectivity index (χ3n) is 6.74. The normalized spacial score (nSPS) is 19.6. The van der Waals surface area contributed by atoms with E-state index in [2.05, 4.69) is 10.2 Å². The Kier molecular flexibility index (Phi) is 6.90. The lowest BCUT2D eigenvalue weighted by atomic mass is 9.80. The smallest absolute Gasteiger partial charge is 0.411 e. The lowest BCUT2D eigenvalue weighted by Gasteiger charge is -2.45. The number of aromatic nitrogens is 2. The molecule has 1 aliphatic rings. The highest BCUT2D eigenvalue weighted by Gasteiger charge is 2.46. The zero-order chi connectivity index (χ0) is 26.1. The third kappa shape index (κ3) is 5.58. The molecule has 36 heavy (non-hydrogen) atoms. The average Bonchev–Trinajstić information content (AvgIpc) is 2.83. The van der Waals surface area contributed by atoms with Crippen molar-refractivity contribution in [3.63, 3.8) is 0 Å². The second-order valence-electron chi connectivity index (χ2n) is 10.8. The van der Waals surface area contributed by atoms with Crippen molar-refractivity contribution in [3.8, 4) is 11.3 Å². The van der Waals surface area contributed by atoms with Crippen LogP contribution >= 0.6 is 0 Å². The molecule has 0 bridgehead atoms. The average molecular weight is 490 g/mol. The molecule has 1 fully saturated rings. The Bertz CT molecular complexity index is 1180. The van der Waals surface area contributed by atoms with Crippen LogP contribution in [0.5, 0.6) is 0 Å². The molecule has 2 heterocycles. The van der Waals surface area contributed by atoms with Crippen molar-refractivity contribution >= 4 is 6.09 Å². The van der Waals surface area contributed by atoms with Crippen LogP contribution < -0.4 is 0 Å². The largest absolute Gasteiger partial charge is 0.438 e. The van der Waals surface area contributed by atoms with Crippen molar-refractivity contribution in [2.75, 3.05) is 6.54 Å². The van der Waals surface area contributed by atoms with Gasteiger partial charge in [-0.25, -0.2) is 4.79 Å². The lowest BCUT2D eigenvalue weighted by Crippen LogP contribution is -2.51. The van der Waals surface area contributed by atoms with Crippen molar-refractivity contribution in [1.29, 1.82) is 0 Å². The molecule has 190 valence electrons. The molecule has 0 aliphatic carbocycles. The Balaban J connectivity index is 1.50. The van der Waals surface area contributed by atoms with Crippen molar-refractivity contribution in [2.45, 2.75) is 70.3 Å². The van der Waals surface area contributed by atoms with E-state index in [1.807, 2.05) is 67.6 Å². The van der Waals surface area contributed by atoms with Crippen molar-refractivity contribution in [3.05, 3.63) is 83.6 Å². The minimum Gasteiger partial charge on any atom is -0.438 e. The van der Waals surface area contributed by atoms with E-state index in [1.54, 1.807) is 38.7 Å². The van der Waals surface area contributed by atoms with Crippen LogP contribution in [0.3, 0.4) is 0 Å². The van der Waals surface area contributed by atoms with Gasteiger partial charge in [0.05, 0.1) is 23.0 Å². The van der Waals surface area contributed by atoms with Gasteiger partial charge in [-0.2, -0.15) is 10.2 Å². The Labute approximate surface area is 212 Å². The minimum atomic E-state index is -1.04. The Morgan fingerprint density at radius 1 is 0.972 bits per heavy atom. The van der Waals surface area contributed by atoms with Crippen LogP contribution in [0.2, 0.25) is 0 Å². The maximum absolute atomic E-state index is 13.3. The second-order valence-corrected chi connectivity index (χ2v) is 10.8. The van der Waals surface area contributed by atoms with Gasteiger partial charge in [0.2, 0.25) is 0 Å². The number of cyclic esters (lactones) is 1. The monoisotopic (exact) mass is 489 g/mol. The summed E-state index contributed by atoms with van der Waals surface area (Å²) in [6, 6.07) is 21.0. The number of benzene rings is 2. The number of carbonyl (C=O) groups excluding carboxylic acids is 1. The molecule has 1 amide bonds. The van der Waals surface area contributed by atoms with E-state index in [9.17, 15) is 15.0 Å². The van der Waals surface area contributed by atoms with Crippen molar-refractivity contribution in [2.24, 2.45) is 0 Å². The first-order valence-corrected chi connectivity index (χ1v) is 12.3. The summed E-state index contributed by atoms with van der Waals surface area (Å²) in [5.41, 5.74) is 1.09. The van der Waals surface area contributed by atoms with Crippen molar-refractivity contribution in [1.82, 2.24) is 15.1 Å². The van der Waals surface area contributed by atoms with Crippen LogP contribution in [-0.2, 0) is 15.9 Å². The van der Waals surface area contributed by atoms with Gasteiger partial charge in [0.25, 0.3) is 0 Å². The van der Waals surface area contributed by atoms with Gasteiger partial charge in [0, 0.05) is 24.9 Å². The summed E-state index contributed by atoms with van der Waals surface area (Å²) in [6.07, 6.45) is 0.511. The fourth-order valence-electron chi connectivity index (χ4n) is 4.82. The van der Waals surface area contributed by atoms with E-state index >= 15 is 0 Å². The highest BCUT2D eigenvalue weighted by atomic mass is 16.6. The molecule has 2 N–H and O–H groups in total. The molecule has 1 aliphatic heterocycles. The Morgan fingerprint density at radius 2 is 1.64 bits per heavy atom. The Hall–Kier alpha value is -3.29. The minimum absolute atomic E-state index is 0.189. The van der Waals surface area contributed by atoms with Crippen LogP contribution in [0.15, 0.2) is 66.7 Å². The molecule has 7 nitrogen and oxygen atoms in total. The number of hydrogen-bond donors (Lipinski definition) is 2. The molecule has 0 saturated carbocycles. The van der Waals surface area contributed by atoms with E-state index in [4.69, 9.17) is 4.74 Å². The summed E-state index contributed by atoms with van der Waals surface area (Å²) in [6.45, 7) is 9.33. The van der Waals surface area contributed by atoms with Gasteiger partial charge in [-0.15, -0.1) is 0 Å². The highest BCUT2D eigenvalue weighted by molar-refractivity contribution is 5.70. The molecule has 7 heteroatoms. The van der Waals surface area contributed by atoms with Gasteiger partial charge in [-0.3, -0.25) is 0 Å². The van der Waals surface area contributed by atoms with Gasteiger partial charge < -0.3 is 19.8 Å². The van der Waals surface area contributed by atoms with Gasteiger partial charge >= 0.3 is 6.09 Å². The third-order valence-corrected chi connectivity index (χ3v) is 6.74. The molecule has 1 aromatic heterocycles. The van der Waals surface area contributed by atoms with Crippen LogP contribution in [0.4, 0.5) is 4.79 Å². The lowest BCUT2D eigenvalue weighted by molar-refractivity contribution is -0.101.